The molecule has 12 fully saturated rings. The first kappa shape index (κ1) is 115. The minimum atomic E-state index is -2.24. The molecule has 0 radical (unpaired) electrons. The summed E-state index contributed by atoms with van der Waals surface area (Å²) in [5, 5.41) is 258. The van der Waals surface area contributed by atoms with Crippen LogP contribution in [0.15, 0.2) is 47.0 Å². The molecule has 46 nitrogen and oxygen atoms in total. The summed E-state index contributed by atoms with van der Waals surface area (Å²) in [7, 11) is 0. The number of fused-ring (bicyclic) bond motifs is 7. The number of esters is 3. The van der Waals surface area contributed by atoms with Gasteiger partial charge in [-0.1, -0.05) is 112 Å². The molecule has 14 rings (SSSR count). The molecule has 8 saturated heterocycles. The van der Waals surface area contributed by atoms with Gasteiger partial charge in [-0.25, -0.2) is 4.79 Å². The molecule has 23 N–H and O–H groups in total. The zero-order valence-corrected chi connectivity index (χ0v) is 83.1. The van der Waals surface area contributed by atoms with Crippen LogP contribution in [-0.4, -0.2) is 438 Å². The van der Waals surface area contributed by atoms with Crippen LogP contribution in [0.5, 0.6) is 0 Å². The third-order valence-electron chi connectivity index (χ3n) is 34.3. The van der Waals surface area contributed by atoms with Crippen molar-refractivity contribution in [2.75, 3.05) is 39.6 Å². The van der Waals surface area contributed by atoms with E-state index >= 15 is 4.79 Å². The predicted molar refractivity (Wildman–Crippen MR) is 487 cm³/mol. The zero-order chi connectivity index (χ0) is 105. The van der Waals surface area contributed by atoms with Crippen molar-refractivity contribution in [3.05, 3.63) is 42.0 Å². The summed E-state index contributed by atoms with van der Waals surface area (Å²) < 4.78 is 110. The molecule has 20 unspecified atom stereocenters. The van der Waals surface area contributed by atoms with Crippen LogP contribution in [-0.2, 0) is 104 Å². The van der Waals surface area contributed by atoms with Crippen LogP contribution in [0.1, 0.15) is 179 Å². The Labute approximate surface area is 833 Å². The predicted octanol–water partition coefficient (Wildman–Crippen LogP) is -3.48. The maximum Gasteiger partial charge on any atom is 0.335 e. The highest BCUT2D eigenvalue weighted by atomic mass is 16.8. The molecule has 1 aromatic rings. The van der Waals surface area contributed by atoms with Crippen LogP contribution in [0.3, 0.4) is 0 Å². The maximum atomic E-state index is 16.5. The summed E-state index contributed by atoms with van der Waals surface area (Å²) in [6.45, 7) is 18.2. The molecule has 0 aromatic heterocycles. The largest absolute Gasteiger partial charge is 0.479 e. The fourth-order valence-corrected chi connectivity index (χ4v) is 24.9. The SMILES string of the molecule is CC[C@H](C)[C@H](C[C@H](O)CC(=O)O[C@H]1C(C)O[C@@H](OC(=O)[C@]23CCC(C)(C)CC2C2=CCC4C5(C)CC[C@H](O[C@@H]6OC(C(=O)O)[C@@H](O)[C@H](O[C@@H]7OC[C@@H](O)[C@H](O)C7O)C6O[C@@H]6OC(CO)[C@H](O)[C@H](O)C6O)[C@](C)(C=Nc6ccccc6)[C@@H]5CC[C@]4(C)[C@]2(C)CC3O)C(O[C@@H]2OC(C)[C@H](O[C@@H]3OC[C@@H](O)C(O[C@@H]4OC[C@@](O)(CO)C4O)C3O)C(O)C2O)C1O)OC(=O)C[C@@H](O)C[C@H](O[C@@H]1O[C@@H](CO)C(O)C1O)[C@@H](C)CC. The Morgan fingerprint density at radius 2 is 1.08 bits per heavy atom. The standard InChI is InChI=1S/C98H153NO45/c1-13-41(3)52(132-60(108)30-47(104)29-53(42(4)14-2)133-86-68(116)64(112)55(35-101)134-86)28-46(103)31-61(109)137-75-44(6)131-88(79(71(75)119)142-85-70(118)66(114)74(43(5)130-85)138-84-73(121)76(51(106)37-128-84)139-90-81(122)97(126,39-102)40-129-90)144-91(125)98-27-26-92(7,8)32-49(98)48-20-21-57-93(9)24-23-59(94(10,38-99-45-18-16-15-17-19-45)56(93)22-25-95(57,11)96(48,12)33-58(98)107)136-89-80(143-87-69(117)65(113)63(111)54(34-100)135-87)77(72(120)78(141-89)82(123)124)140-83-67(115)62(110)50(105)36-127-83/h15-20,38,41-44,46-47,49-59,62-81,83-90,100-107,110-122,126H,13-14,21-37,39-40H2,1-12H3,(H,123,124)/t41-,42-,43?,44?,46-,47-,49?,50+,51+,52-,53-,54?,55-,56+,57?,58?,59-,62-,63-,64?,65-,66?,67?,68?,69?,70?,71?,72-,73?,74-,75-,76?,77-,78?,79?,80?,81?,83-,84-,85-,86+,87-,88-,89+,90-,93?,94+,95-,96+,97-,98+/m0/s1. The van der Waals surface area contributed by atoms with E-state index < -0.39 is 378 Å². The molecule has 1 aromatic carbocycles. The number of aliphatic carboxylic acids is 1. The Balaban J connectivity index is 0.732. The lowest BCUT2D eigenvalue weighted by Gasteiger charge is -2.71. The van der Waals surface area contributed by atoms with E-state index in [0.717, 1.165) is 5.57 Å². The second-order valence-electron chi connectivity index (χ2n) is 44.1. The molecular weight excluding hydrogens is 1910 g/mol. The topological polar surface area (TPSA) is 712 Å². The summed E-state index contributed by atoms with van der Waals surface area (Å²) >= 11 is 0. The number of aliphatic hydroxyl groups is 22. The molecule has 0 amide bonds. The van der Waals surface area contributed by atoms with Crippen molar-refractivity contribution in [3.63, 3.8) is 0 Å². The molecule has 46 heteroatoms. The average Bonchev–Trinajstić information content (AvgIpc) is 0.710. The fraction of sp³-hybridized carbons (Fsp3) is 0.867. The first-order valence-corrected chi connectivity index (χ1v) is 50.5. The normalized spacial score (nSPS) is 47.3. The van der Waals surface area contributed by atoms with Crippen molar-refractivity contribution in [1.82, 2.24) is 0 Å². The number of carbonyl (C=O) groups is 4. The zero-order valence-electron chi connectivity index (χ0n) is 83.1. The van der Waals surface area contributed by atoms with Gasteiger partial charge in [-0.3, -0.25) is 19.4 Å². The van der Waals surface area contributed by atoms with E-state index in [9.17, 15) is 132 Å². The minimum absolute atomic E-state index is 0.0280. The average molecular weight is 2070 g/mol. The number of rotatable bonds is 36. The first-order chi connectivity index (χ1) is 67.8. The summed E-state index contributed by atoms with van der Waals surface area (Å²) in [5.74, 6) is -6.94. The molecular formula is C98H153NO45. The van der Waals surface area contributed by atoms with Gasteiger partial charge in [0.25, 0.3) is 0 Å². The maximum absolute atomic E-state index is 16.5. The lowest BCUT2D eigenvalue weighted by molar-refractivity contribution is -0.391. The number of benzene rings is 1. The van der Waals surface area contributed by atoms with Gasteiger partial charge >= 0.3 is 23.9 Å². The number of carboxylic acids is 1. The number of para-hydroxylation sites is 1. The van der Waals surface area contributed by atoms with Crippen molar-refractivity contribution >= 4 is 35.8 Å². The second-order valence-corrected chi connectivity index (χ2v) is 44.1. The van der Waals surface area contributed by atoms with E-state index in [4.69, 9.17) is 90.3 Å². The van der Waals surface area contributed by atoms with E-state index in [2.05, 4.69) is 40.7 Å². The monoisotopic (exact) mass is 2060 g/mol. The Morgan fingerprint density at radius 3 is 1.72 bits per heavy atom. The van der Waals surface area contributed by atoms with E-state index in [1.54, 1.807) is 44.3 Å². The Kier molecular flexibility index (Phi) is 36.7. The minimum Gasteiger partial charge on any atom is -0.479 e. The van der Waals surface area contributed by atoms with Gasteiger partial charge in [0.05, 0.1) is 101 Å². The lowest BCUT2D eigenvalue weighted by atomic mass is 9.33. The van der Waals surface area contributed by atoms with Gasteiger partial charge in [0.15, 0.2) is 62.3 Å². The van der Waals surface area contributed by atoms with E-state index in [1.807, 2.05) is 26.8 Å². The molecule has 8 heterocycles. The quantitative estimate of drug-likeness (QED) is 0.0102. The summed E-state index contributed by atoms with van der Waals surface area (Å²) in [6.07, 6.45) is -64.3. The van der Waals surface area contributed by atoms with Crippen LogP contribution in [0.4, 0.5) is 5.69 Å². The van der Waals surface area contributed by atoms with Crippen LogP contribution in [0.25, 0.3) is 0 Å². The highest BCUT2D eigenvalue weighted by Crippen LogP contribution is 2.76. The van der Waals surface area contributed by atoms with E-state index in [1.165, 1.54) is 13.8 Å². The lowest BCUT2D eigenvalue weighted by Crippen LogP contribution is -2.69. The summed E-state index contributed by atoms with van der Waals surface area (Å²) in [4.78, 5) is 63.2. The first-order valence-electron chi connectivity index (χ1n) is 50.5. The van der Waals surface area contributed by atoms with Crippen molar-refractivity contribution in [3.8, 4) is 0 Å². The molecule has 4 saturated carbocycles. The summed E-state index contributed by atoms with van der Waals surface area (Å²) in [5.41, 5.74) is -6.66. The van der Waals surface area contributed by atoms with Crippen LogP contribution < -0.4 is 0 Å². The van der Waals surface area contributed by atoms with Gasteiger partial charge in [-0.2, -0.15) is 0 Å². The number of aliphatic hydroxyl groups excluding tert-OH is 21. The van der Waals surface area contributed by atoms with Crippen LogP contribution in [0, 0.1) is 62.1 Å². The molecule has 5 aliphatic carbocycles. The third-order valence-corrected chi connectivity index (χ3v) is 34.3. The van der Waals surface area contributed by atoms with Crippen molar-refractivity contribution in [1.29, 1.82) is 0 Å². The smallest absolute Gasteiger partial charge is 0.335 e. The van der Waals surface area contributed by atoms with Gasteiger partial charge in [0, 0.05) is 24.5 Å². The molecule has 13 aliphatic rings. The Morgan fingerprint density at radius 1 is 0.514 bits per heavy atom. The molecule has 51 atom stereocenters. The fourth-order valence-electron chi connectivity index (χ4n) is 24.9. The molecule has 144 heavy (non-hydrogen) atoms. The highest BCUT2D eigenvalue weighted by Gasteiger charge is 2.74. The number of aliphatic imine (C=N–C) groups is 1. The van der Waals surface area contributed by atoms with Gasteiger partial charge < -0.3 is 203 Å². The molecule has 0 spiro atoms. The Bertz CT molecular complexity index is 4470. The molecule has 820 valence electrons. The highest BCUT2D eigenvalue weighted by molar-refractivity contribution is 5.80. The van der Waals surface area contributed by atoms with Crippen LogP contribution >= 0.6 is 0 Å². The number of carboxylic acid groups (broad SMARTS) is 1. The number of hydrogen-bond donors (Lipinski definition) is 23. The van der Waals surface area contributed by atoms with Crippen LogP contribution in [0.2, 0.25) is 0 Å². The molecule has 8 aliphatic heterocycles. The third kappa shape index (κ3) is 22.6. The van der Waals surface area contributed by atoms with E-state index in [-0.39, 0.29) is 43.9 Å². The van der Waals surface area contributed by atoms with Gasteiger partial charge in [0.2, 0.25) is 6.29 Å². The van der Waals surface area contributed by atoms with Gasteiger partial charge in [0.1, 0.15) is 145 Å². The van der Waals surface area contributed by atoms with Gasteiger partial charge in [-0.05, 0) is 135 Å². The number of allylic oxidation sites excluding steroid dienone is 2. The number of ether oxygens (including phenoxy) is 18. The summed E-state index contributed by atoms with van der Waals surface area (Å²) in [6, 6.07) is 8.98. The Hall–Kier alpha value is -4.97. The second kappa shape index (κ2) is 46.1. The number of carbonyl (C=O) groups excluding carboxylic acids is 3. The van der Waals surface area contributed by atoms with Crippen molar-refractivity contribution in [2.45, 2.75) is 431 Å². The number of nitrogens with zero attached hydrogens (tertiary/aromatic N) is 1. The van der Waals surface area contributed by atoms with E-state index in [0.29, 0.717) is 57.1 Å². The van der Waals surface area contributed by atoms with Crippen molar-refractivity contribution < 1.29 is 222 Å². The van der Waals surface area contributed by atoms with Crippen molar-refractivity contribution in [2.24, 2.45) is 67.1 Å². The van der Waals surface area contributed by atoms with Gasteiger partial charge in [-0.15, -0.1) is 0 Å². The number of hydrogen-bond acceptors (Lipinski definition) is 45. The molecule has 0 bridgehead atoms.